The van der Waals surface area contributed by atoms with Crippen LogP contribution in [0.2, 0.25) is 0 Å². The highest BCUT2D eigenvalue weighted by molar-refractivity contribution is 5.94. The Hall–Kier alpha value is -1.63. The van der Waals surface area contributed by atoms with Gasteiger partial charge in [-0.3, -0.25) is 9.36 Å². The second-order valence-electron chi connectivity index (χ2n) is 5.42. The number of carbonyl (C=O) groups excluding carboxylic acids is 1. The van der Waals surface area contributed by atoms with Crippen LogP contribution in [0.3, 0.4) is 0 Å². The number of amides is 1. The van der Waals surface area contributed by atoms with Gasteiger partial charge in [0.1, 0.15) is 12.1 Å². The Balaban J connectivity index is 0.00000132. The lowest BCUT2D eigenvalue weighted by molar-refractivity contribution is 0.0925. The molecule has 2 N–H and O–H groups in total. The van der Waals surface area contributed by atoms with Gasteiger partial charge in [0, 0.05) is 30.7 Å². The zero-order valence-corrected chi connectivity index (χ0v) is 14.4. The van der Waals surface area contributed by atoms with E-state index in [-0.39, 0.29) is 36.8 Å². The lowest BCUT2D eigenvalue weighted by atomic mass is 10.0. The van der Waals surface area contributed by atoms with Gasteiger partial charge in [0.25, 0.3) is 5.91 Å². The van der Waals surface area contributed by atoms with Gasteiger partial charge in [0.15, 0.2) is 0 Å². The molecule has 126 valence electrons. The fourth-order valence-corrected chi connectivity index (χ4v) is 2.60. The highest BCUT2D eigenvalue weighted by Crippen LogP contribution is 2.10. The molecule has 2 atom stereocenters. The smallest absolute Gasteiger partial charge is 0.253 e. The summed E-state index contributed by atoms with van der Waals surface area (Å²) in [7, 11) is 0. The van der Waals surface area contributed by atoms with Crippen molar-refractivity contribution in [3.05, 3.63) is 42.6 Å². The molecule has 1 amide bonds. The Kier molecular flexibility index (Phi) is 7.48. The first kappa shape index (κ1) is 19.4. The number of carbonyl (C=O) groups is 1. The van der Waals surface area contributed by atoms with Crippen molar-refractivity contribution in [1.82, 2.24) is 25.2 Å². The van der Waals surface area contributed by atoms with E-state index >= 15 is 0 Å². The second-order valence-corrected chi connectivity index (χ2v) is 5.42. The average Bonchev–Trinajstić information content (AvgIpc) is 3.01. The van der Waals surface area contributed by atoms with Crippen molar-refractivity contribution in [2.75, 3.05) is 6.54 Å². The Morgan fingerprint density at radius 1 is 1.39 bits per heavy atom. The monoisotopic (exact) mass is 357 g/mol. The molecular weight excluding hydrogens is 337 g/mol. The number of rotatable bonds is 3. The molecule has 3 rings (SSSR count). The molecule has 1 saturated heterocycles. The van der Waals surface area contributed by atoms with Gasteiger partial charge in [0.05, 0.1) is 5.56 Å². The second kappa shape index (κ2) is 8.86. The van der Waals surface area contributed by atoms with Gasteiger partial charge in [-0.05, 0) is 38.4 Å². The molecule has 1 fully saturated rings. The zero-order chi connectivity index (χ0) is 14.7. The number of aromatic nitrogens is 3. The Morgan fingerprint density at radius 2 is 2.22 bits per heavy atom. The molecule has 2 unspecified atom stereocenters. The van der Waals surface area contributed by atoms with Crippen LogP contribution in [-0.4, -0.2) is 39.1 Å². The van der Waals surface area contributed by atoms with E-state index in [0.29, 0.717) is 11.6 Å². The van der Waals surface area contributed by atoms with E-state index in [1.165, 1.54) is 0 Å². The molecule has 0 aliphatic carbocycles. The number of hydrogen-bond donors (Lipinski definition) is 2. The standard InChI is InChI=1S/C15H19N5O.2ClH/c1-11-8-13(4-5-17-11)19-15(21)12-2-3-14(18-9-12)20-7-6-16-10-20;;/h2-3,6-7,9-11,13,17H,4-5,8H2,1H3,(H,19,21);2*1H. The summed E-state index contributed by atoms with van der Waals surface area (Å²) in [5, 5.41) is 6.46. The van der Waals surface area contributed by atoms with Gasteiger partial charge in [-0.25, -0.2) is 9.97 Å². The van der Waals surface area contributed by atoms with E-state index in [1.807, 2.05) is 12.3 Å². The largest absolute Gasteiger partial charge is 0.349 e. The molecule has 6 nitrogen and oxygen atoms in total. The fourth-order valence-electron chi connectivity index (χ4n) is 2.60. The summed E-state index contributed by atoms with van der Waals surface area (Å²) in [5.74, 6) is 0.693. The van der Waals surface area contributed by atoms with Crippen LogP contribution in [0.25, 0.3) is 5.82 Å². The summed E-state index contributed by atoms with van der Waals surface area (Å²) < 4.78 is 1.80. The van der Waals surface area contributed by atoms with E-state index in [0.717, 1.165) is 25.2 Å². The van der Waals surface area contributed by atoms with E-state index in [2.05, 4.69) is 27.5 Å². The van der Waals surface area contributed by atoms with Crippen molar-refractivity contribution in [2.45, 2.75) is 31.8 Å². The predicted octanol–water partition coefficient (Wildman–Crippen LogP) is 1.98. The molecule has 2 aromatic heterocycles. The molecule has 0 bridgehead atoms. The lowest BCUT2D eigenvalue weighted by Gasteiger charge is -2.28. The van der Waals surface area contributed by atoms with E-state index in [9.17, 15) is 4.79 Å². The van der Waals surface area contributed by atoms with E-state index in [4.69, 9.17) is 0 Å². The topological polar surface area (TPSA) is 71.8 Å². The minimum absolute atomic E-state index is 0. The quantitative estimate of drug-likeness (QED) is 0.880. The minimum atomic E-state index is -0.0567. The summed E-state index contributed by atoms with van der Waals surface area (Å²) in [6, 6.07) is 4.30. The third-order valence-corrected chi connectivity index (χ3v) is 3.74. The number of pyridine rings is 1. The predicted molar refractivity (Wildman–Crippen MR) is 93.8 cm³/mol. The summed E-state index contributed by atoms with van der Waals surface area (Å²) in [4.78, 5) is 20.5. The number of halogens is 2. The van der Waals surface area contributed by atoms with Crippen LogP contribution in [0, 0.1) is 0 Å². The summed E-state index contributed by atoms with van der Waals surface area (Å²) >= 11 is 0. The van der Waals surface area contributed by atoms with Gasteiger partial charge in [0.2, 0.25) is 0 Å². The minimum Gasteiger partial charge on any atom is -0.349 e. The first-order valence-corrected chi connectivity index (χ1v) is 7.21. The van der Waals surface area contributed by atoms with Crippen molar-refractivity contribution < 1.29 is 4.79 Å². The number of nitrogens with one attached hydrogen (secondary N) is 2. The van der Waals surface area contributed by atoms with E-state index in [1.54, 1.807) is 29.4 Å². The summed E-state index contributed by atoms with van der Waals surface area (Å²) in [5.41, 5.74) is 0.588. The number of piperidine rings is 1. The number of imidazole rings is 1. The molecule has 0 saturated carbocycles. The maximum absolute atomic E-state index is 12.2. The van der Waals surface area contributed by atoms with Gasteiger partial charge in [-0.2, -0.15) is 0 Å². The molecule has 0 spiro atoms. The molecule has 2 aromatic rings. The van der Waals surface area contributed by atoms with Crippen molar-refractivity contribution >= 4 is 30.7 Å². The fraction of sp³-hybridized carbons (Fsp3) is 0.400. The van der Waals surface area contributed by atoms with Gasteiger partial charge in [-0.1, -0.05) is 0 Å². The summed E-state index contributed by atoms with van der Waals surface area (Å²) in [6.45, 7) is 3.09. The van der Waals surface area contributed by atoms with Crippen LogP contribution < -0.4 is 10.6 Å². The maximum atomic E-state index is 12.2. The normalized spacial score (nSPS) is 20.0. The molecule has 8 heteroatoms. The van der Waals surface area contributed by atoms with Crippen LogP contribution in [0.1, 0.15) is 30.1 Å². The third kappa shape index (κ3) is 4.92. The maximum Gasteiger partial charge on any atom is 0.253 e. The Labute approximate surface area is 147 Å². The van der Waals surface area contributed by atoms with Crippen molar-refractivity contribution in [2.24, 2.45) is 0 Å². The van der Waals surface area contributed by atoms with Crippen LogP contribution in [0.5, 0.6) is 0 Å². The zero-order valence-electron chi connectivity index (χ0n) is 12.8. The Bertz CT molecular complexity index is 603. The third-order valence-electron chi connectivity index (χ3n) is 3.74. The highest BCUT2D eigenvalue weighted by Gasteiger charge is 2.20. The van der Waals surface area contributed by atoms with Crippen LogP contribution in [-0.2, 0) is 0 Å². The first-order chi connectivity index (χ1) is 10.2. The molecule has 3 heterocycles. The molecule has 1 aliphatic heterocycles. The van der Waals surface area contributed by atoms with Gasteiger partial charge < -0.3 is 10.6 Å². The molecule has 0 aromatic carbocycles. The van der Waals surface area contributed by atoms with Crippen LogP contribution in [0.15, 0.2) is 37.1 Å². The average molecular weight is 358 g/mol. The van der Waals surface area contributed by atoms with Crippen LogP contribution >= 0.6 is 24.8 Å². The molecular formula is C15H21Cl2N5O. The Morgan fingerprint density at radius 3 is 2.83 bits per heavy atom. The highest BCUT2D eigenvalue weighted by atomic mass is 35.5. The van der Waals surface area contributed by atoms with E-state index < -0.39 is 0 Å². The lowest BCUT2D eigenvalue weighted by Crippen LogP contribution is -2.46. The summed E-state index contributed by atoms with van der Waals surface area (Å²) in [6.07, 6.45) is 8.73. The van der Waals surface area contributed by atoms with Gasteiger partial charge >= 0.3 is 0 Å². The number of hydrogen-bond acceptors (Lipinski definition) is 4. The first-order valence-electron chi connectivity index (χ1n) is 7.21. The van der Waals surface area contributed by atoms with Crippen molar-refractivity contribution in [1.29, 1.82) is 0 Å². The SMILES string of the molecule is CC1CC(NC(=O)c2ccc(-n3ccnc3)nc2)CCN1.Cl.Cl. The van der Waals surface area contributed by atoms with Crippen molar-refractivity contribution in [3.63, 3.8) is 0 Å². The van der Waals surface area contributed by atoms with Gasteiger partial charge in [-0.15, -0.1) is 24.8 Å². The molecule has 23 heavy (non-hydrogen) atoms. The number of nitrogens with zero attached hydrogens (tertiary/aromatic N) is 3. The molecule has 1 aliphatic rings. The van der Waals surface area contributed by atoms with Crippen molar-refractivity contribution in [3.8, 4) is 5.82 Å². The van der Waals surface area contributed by atoms with Crippen LogP contribution in [0.4, 0.5) is 0 Å². The molecule has 0 radical (unpaired) electrons.